The van der Waals surface area contributed by atoms with Gasteiger partial charge in [-0.1, -0.05) is 30.3 Å². The molecule has 0 radical (unpaired) electrons. The van der Waals surface area contributed by atoms with Crippen molar-refractivity contribution in [1.29, 1.82) is 0 Å². The van der Waals surface area contributed by atoms with Crippen LogP contribution in [0.3, 0.4) is 0 Å². The summed E-state index contributed by atoms with van der Waals surface area (Å²) in [4.78, 5) is 15.4. The van der Waals surface area contributed by atoms with Crippen molar-refractivity contribution in [3.63, 3.8) is 0 Å². The van der Waals surface area contributed by atoms with Gasteiger partial charge in [-0.05, 0) is 23.8 Å². The summed E-state index contributed by atoms with van der Waals surface area (Å²) in [6.45, 7) is 3.66. The van der Waals surface area contributed by atoms with Crippen molar-refractivity contribution in [3.05, 3.63) is 65.9 Å². The van der Waals surface area contributed by atoms with E-state index < -0.39 is 0 Å². The Morgan fingerprint density at radius 1 is 1.14 bits per heavy atom. The fourth-order valence-corrected chi connectivity index (χ4v) is 3.98. The van der Waals surface area contributed by atoms with Crippen molar-refractivity contribution in [2.24, 2.45) is 7.05 Å². The van der Waals surface area contributed by atoms with Crippen LogP contribution in [0.15, 0.2) is 54.7 Å². The van der Waals surface area contributed by atoms with Crippen LogP contribution in [0.4, 0.5) is 0 Å². The van der Waals surface area contributed by atoms with Gasteiger partial charge >= 0.3 is 0 Å². The highest BCUT2D eigenvalue weighted by Gasteiger charge is 2.24. The zero-order chi connectivity index (χ0) is 20.2. The van der Waals surface area contributed by atoms with Gasteiger partial charge in [0, 0.05) is 43.8 Å². The van der Waals surface area contributed by atoms with E-state index in [-0.39, 0.29) is 11.9 Å². The number of hydrogen-bond donors (Lipinski definition) is 1. The third-order valence-electron chi connectivity index (χ3n) is 5.58. The fraction of sp³-hybridized carbons (Fsp3) is 0.348. The Morgan fingerprint density at radius 2 is 1.86 bits per heavy atom. The second kappa shape index (κ2) is 8.68. The minimum absolute atomic E-state index is 0.0476. The predicted molar refractivity (Wildman–Crippen MR) is 113 cm³/mol. The molecule has 6 heteroatoms. The number of carbonyl (C=O) groups is 1. The van der Waals surface area contributed by atoms with Crippen LogP contribution in [0, 0.1) is 0 Å². The molecule has 1 amide bonds. The largest absolute Gasteiger partial charge is 0.497 e. The number of morpholine rings is 1. The zero-order valence-electron chi connectivity index (χ0n) is 16.9. The van der Waals surface area contributed by atoms with Crippen molar-refractivity contribution < 1.29 is 14.3 Å². The molecule has 1 saturated heterocycles. The molecule has 1 atom stereocenters. The lowest BCUT2D eigenvalue weighted by molar-refractivity contribution is 0.0162. The second-order valence-electron chi connectivity index (χ2n) is 7.32. The summed E-state index contributed by atoms with van der Waals surface area (Å²) in [5, 5.41) is 4.14. The van der Waals surface area contributed by atoms with Crippen LogP contribution in [0.5, 0.6) is 5.75 Å². The van der Waals surface area contributed by atoms with Crippen LogP contribution >= 0.6 is 0 Å². The number of ether oxygens (including phenoxy) is 2. The number of nitrogens with zero attached hydrogens (tertiary/aromatic N) is 2. The predicted octanol–water partition coefficient (Wildman–Crippen LogP) is 2.99. The number of fused-ring (bicyclic) bond motifs is 1. The lowest BCUT2D eigenvalue weighted by Crippen LogP contribution is -2.43. The lowest BCUT2D eigenvalue weighted by atomic mass is 10.0. The first kappa shape index (κ1) is 19.5. The quantitative estimate of drug-likeness (QED) is 0.700. The standard InChI is InChI=1S/C23H27N3O3/c1-25-16-20(19-5-3-4-6-21(19)25)23(27)24-15-22(26-11-13-29-14-12-26)17-7-9-18(28-2)10-8-17/h3-10,16,22H,11-15H2,1-2H3,(H,24,27)/t22-/m1/s1. The average molecular weight is 393 g/mol. The van der Waals surface area contributed by atoms with Crippen molar-refractivity contribution in [1.82, 2.24) is 14.8 Å². The van der Waals surface area contributed by atoms with Crippen LogP contribution in [0.1, 0.15) is 22.0 Å². The maximum atomic E-state index is 13.0. The number of nitrogens with one attached hydrogen (secondary N) is 1. The normalized spacial score (nSPS) is 15.9. The highest BCUT2D eigenvalue weighted by atomic mass is 16.5. The molecule has 1 aliphatic rings. The Bertz CT molecular complexity index is 975. The van der Waals surface area contributed by atoms with Gasteiger partial charge in [-0.3, -0.25) is 9.69 Å². The number of para-hydroxylation sites is 1. The van der Waals surface area contributed by atoms with Crippen LogP contribution in [0.2, 0.25) is 0 Å². The van der Waals surface area contributed by atoms with E-state index in [1.54, 1.807) is 7.11 Å². The summed E-state index contributed by atoms with van der Waals surface area (Å²) in [5.74, 6) is 0.780. The van der Waals surface area contributed by atoms with Gasteiger partial charge in [0.15, 0.2) is 0 Å². The number of amides is 1. The van der Waals surface area contributed by atoms with E-state index in [9.17, 15) is 4.79 Å². The molecule has 152 valence electrons. The Hall–Kier alpha value is -2.83. The molecule has 2 aromatic carbocycles. The molecule has 29 heavy (non-hydrogen) atoms. The van der Waals surface area contributed by atoms with Crippen molar-refractivity contribution >= 4 is 16.8 Å². The van der Waals surface area contributed by atoms with E-state index in [1.807, 2.05) is 54.2 Å². The first-order valence-electron chi connectivity index (χ1n) is 9.95. The summed E-state index contributed by atoms with van der Waals surface area (Å²) >= 11 is 0. The lowest BCUT2D eigenvalue weighted by Gasteiger charge is -2.35. The van der Waals surface area contributed by atoms with Gasteiger partial charge in [0.1, 0.15) is 5.75 Å². The number of aryl methyl sites for hydroxylation is 1. The molecular weight excluding hydrogens is 366 g/mol. The van der Waals surface area contributed by atoms with Crippen molar-refractivity contribution in [2.75, 3.05) is 40.0 Å². The molecule has 6 nitrogen and oxygen atoms in total. The summed E-state index contributed by atoms with van der Waals surface area (Å²) in [6, 6.07) is 16.1. The third-order valence-corrected chi connectivity index (χ3v) is 5.58. The summed E-state index contributed by atoms with van der Waals surface area (Å²) in [5.41, 5.74) is 2.92. The number of methoxy groups -OCH3 is 1. The smallest absolute Gasteiger partial charge is 0.253 e. The summed E-state index contributed by atoms with van der Waals surface area (Å²) < 4.78 is 12.8. The molecule has 0 spiro atoms. The number of carbonyl (C=O) groups excluding carboxylic acids is 1. The first-order chi connectivity index (χ1) is 14.2. The van der Waals surface area contributed by atoms with Gasteiger partial charge < -0.3 is 19.4 Å². The van der Waals surface area contributed by atoms with Gasteiger partial charge in [-0.15, -0.1) is 0 Å². The number of hydrogen-bond acceptors (Lipinski definition) is 4. The number of benzene rings is 2. The average Bonchev–Trinajstić information content (AvgIpc) is 3.12. The molecule has 2 heterocycles. The first-order valence-corrected chi connectivity index (χ1v) is 9.95. The van der Waals surface area contributed by atoms with E-state index in [4.69, 9.17) is 9.47 Å². The molecule has 1 aromatic heterocycles. The van der Waals surface area contributed by atoms with Gasteiger partial charge in [0.2, 0.25) is 0 Å². The van der Waals surface area contributed by atoms with E-state index in [0.29, 0.717) is 25.3 Å². The number of aromatic nitrogens is 1. The monoisotopic (exact) mass is 393 g/mol. The van der Waals surface area contributed by atoms with E-state index in [2.05, 4.69) is 22.3 Å². The highest BCUT2D eigenvalue weighted by Crippen LogP contribution is 2.25. The SMILES string of the molecule is COc1ccc([C@@H](CNC(=O)c2cn(C)c3ccccc23)N2CCOCC2)cc1. The highest BCUT2D eigenvalue weighted by molar-refractivity contribution is 6.06. The van der Waals surface area contributed by atoms with Crippen LogP contribution in [-0.4, -0.2) is 55.3 Å². The minimum atomic E-state index is -0.0476. The van der Waals surface area contributed by atoms with Crippen molar-refractivity contribution in [3.8, 4) is 5.75 Å². The maximum absolute atomic E-state index is 13.0. The molecule has 0 unspecified atom stereocenters. The third kappa shape index (κ3) is 4.13. The minimum Gasteiger partial charge on any atom is -0.497 e. The molecule has 4 rings (SSSR count). The van der Waals surface area contributed by atoms with Crippen LogP contribution in [-0.2, 0) is 11.8 Å². The van der Waals surface area contributed by atoms with Gasteiger partial charge in [0.05, 0.1) is 31.9 Å². The van der Waals surface area contributed by atoms with E-state index in [0.717, 1.165) is 35.3 Å². The molecule has 1 fully saturated rings. The molecule has 1 N–H and O–H groups in total. The maximum Gasteiger partial charge on any atom is 0.253 e. The molecule has 1 aliphatic heterocycles. The summed E-state index contributed by atoms with van der Waals surface area (Å²) in [6.07, 6.45) is 1.90. The Kier molecular flexibility index (Phi) is 5.83. The second-order valence-corrected chi connectivity index (χ2v) is 7.32. The van der Waals surface area contributed by atoms with E-state index in [1.165, 1.54) is 0 Å². The molecule has 0 aliphatic carbocycles. The number of rotatable bonds is 6. The summed E-state index contributed by atoms with van der Waals surface area (Å²) in [7, 11) is 3.63. The molecule has 3 aromatic rings. The molecule has 0 saturated carbocycles. The van der Waals surface area contributed by atoms with E-state index >= 15 is 0 Å². The molecular formula is C23H27N3O3. The molecule has 0 bridgehead atoms. The zero-order valence-corrected chi connectivity index (χ0v) is 16.9. The van der Waals surface area contributed by atoms with Crippen molar-refractivity contribution in [2.45, 2.75) is 6.04 Å². The van der Waals surface area contributed by atoms with Crippen LogP contribution in [0.25, 0.3) is 10.9 Å². The Balaban J connectivity index is 1.54. The topological polar surface area (TPSA) is 55.7 Å². The van der Waals surface area contributed by atoms with Gasteiger partial charge in [-0.25, -0.2) is 0 Å². The fourth-order valence-electron chi connectivity index (χ4n) is 3.98. The Morgan fingerprint density at radius 3 is 2.59 bits per heavy atom. The van der Waals surface area contributed by atoms with Gasteiger partial charge in [-0.2, -0.15) is 0 Å². The van der Waals surface area contributed by atoms with Gasteiger partial charge in [0.25, 0.3) is 5.91 Å². The van der Waals surface area contributed by atoms with Crippen LogP contribution < -0.4 is 10.1 Å². The Labute approximate surface area is 171 Å².